The monoisotopic (exact) mass is 324 g/mol. The first-order valence-corrected chi connectivity index (χ1v) is 7.70. The molecule has 0 radical (unpaired) electrons. The second-order valence-electron chi connectivity index (χ2n) is 5.25. The lowest BCUT2D eigenvalue weighted by Crippen LogP contribution is -2.46. The van der Waals surface area contributed by atoms with Crippen molar-refractivity contribution in [1.82, 2.24) is 5.32 Å². The molecule has 4 heteroatoms. The number of hydrogen-bond acceptors (Lipinski definition) is 2. The number of hydrogen-bond donors (Lipinski definition) is 2. The molecule has 104 valence electrons. The summed E-state index contributed by atoms with van der Waals surface area (Å²) in [6.07, 6.45) is 3.27. The van der Waals surface area contributed by atoms with Crippen molar-refractivity contribution >= 4 is 27.5 Å². The smallest absolute Gasteiger partial charge is 0.241 e. The molecule has 1 amide bonds. The summed E-state index contributed by atoms with van der Waals surface area (Å²) in [6, 6.07) is 5.88. The van der Waals surface area contributed by atoms with Gasteiger partial charge in [0.25, 0.3) is 0 Å². The van der Waals surface area contributed by atoms with Gasteiger partial charge >= 0.3 is 0 Å². The second-order valence-corrected chi connectivity index (χ2v) is 6.17. The van der Waals surface area contributed by atoms with E-state index in [0.717, 1.165) is 35.1 Å². The molecular weight excluding hydrogens is 304 g/mol. The summed E-state index contributed by atoms with van der Waals surface area (Å²) in [5.41, 5.74) is 1.97. The van der Waals surface area contributed by atoms with E-state index in [-0.39, 0.29) is 11.9 Å². The molecule has 1 aromatic rings. The van der Waals surface area contributed by atoms with Gasteiger partial charge in [0.15, 0.2) is 0 Å². The minimum atomic E-state index is -0.0583. The van der Waals surface area contributed by atoms with Crippen LogP contribution in [0.3, 0.4) is 0 Å². The summed E-state index contributed by atoms with van der Waals surface area (Å²) in [5, 5.41) is 6.35. The standard InChI is InChI=1S/C15H21BrN2O/c1-3-11-6-7-17-14(8-11)15(19)18-13-9-12(16)5-4-10(13)2/h4-5,9,11,14,17H,3,6-8H2,1-2H3,(H,18,19). The Kier molecular flexibility index (Phi) is 4.99. The van der Waals surface area contributed by atoms with Gasteiger partial charge in [0.2, 0.25) is 5.91 Å². The average Bonchev–Trinajstić information content (AvgIpc) is 2.43. The number of amides is 1. The van der Waals surface area contributed by atoms with Gasteiger partial charge in [-0.15, -0.1) is 0 Å². The molecule has 1 fully saturated rings. The fourth-order valence-corrected chi connectivity index (χ4v) is 2.88. The summed E-state index contributed by atoms with van der Waals surface area (Å²) >= 11 is 3.44. The maximum Gasteiger partial charge on any atom is 0.241 e. The van der Waals surface area contributed by atoms with Gasteiger partial charge < -0.3 is 10.6 Å². The normalized spacial score (nSPS) is 23.1. The first kappa shape index (κ1) is 14.5. The van der Waals surface area contributed by atoms with Gasteiger partial charge in [-0.3, -0.25) is 4.79 Å². The van der Waals surface area contributed by atoms with Crippen LogP contribution in [0.15, 0.2) is 22.7 Å². The highest BCUT2D eigenvalue weighted by molar-refractivity contribution is 9.10. The molecule has 0 aliphatic carbocycles. The highest BCUT2D eigenvalue weighted by Crippen LogP contribution is 2.23. The number of nitrogens with one attached hydrogen (secondary N) is 2. The molecule has 1 aliphatic rings. The topological polar surface area (TPSA) is 41.1 Å². The van der Waals surface area contributed by atoms with Crippen LogP contribution in [0.1, 0.15) is 31.7 Å². The third kappa shape index (κ3) is 3.80. The van der Waals surface area contributed by atoms with Gasteiger partial charge in [-0.05, 0) is 49.9 Å². The van der Waals surface area contributed by atoms with Crippen LogP contribution in [-0.2, 0) is 4.79 Å². The molecule has 1 aliphatic heterocycles. The number of carbonyl (C=O) groups is 1. The van der Waals surface area contributed by atoms with Crippen LogP contribution in [0.4, 0.5) is 5.69 Å². The Balaban J connectivity index is 2.02. The summed E-state index contributed by atoms with van der Waals surface area (Å²) in [6.45, 7) is 5.14. The third-order valence-electron chi connectivity index (χ3n) is 3.86. The van der Waals surface area contributed by atoms with E-state index in [1.54, 1.807) is 0 Å². The van der Waals surface area contributed by atoms with E-state index >= 15 is 0 Å². The maximum absolute atomic E-state index is 12.3. The van der Waals surface area contributed by atoms with Gasteiger partial charge in [-0.25, -0.2) is 0 Å². The van der Waals surface area contributed by atoms with Crippen molar-refractivity contribution < 1.29 is 4.79 Å². The summed E-state index contributed by atoms with van der Waals surface area (Å²) in [7, 11) is 0. The molecule has 2 N–H and O–H groups in total. The van der Waals surface area contributed by atoms with E-state index in [2.05, 4.69) is 33.5 Å². The Labute approximate surface area is 123 Å². The Bertz CT molecular complexity index is 461. The first-order chi connectivity index (χ1) is 9.10. The van der Waals surface area contributed by atoms with Gasteiger partial charge in [0.1, 0.15) is 0 Å². The van der Waals surface area contributed by atoms with Gasteiger partial charge in [0.05, 0.1) is 6.04 Å². The highest BCUT2D eigenvalue weighted by atomic mass is 79.9. The lowest BCUT2D eigenvalue weighted by Gasteiger charge is -2.29. The Morgan fingerprint density at radius 3 is 3.05 bits per heavy atom. The van der Waals surface area contributed by atoms with Crippen molar-refractivity contribution in [2.24, 2.45) is 5.92 Å². The molecule has 0 saturated carbocycles. The molecule has 0 bridgehead atoms. The van der Waals surface area contributed by atoms with E-state index in [0.29, 0.717) is 5.92 Å². The molecular formula is C15H21BrN2O. The number of anilines is 1. The Morgan fingerprint density at radius 2 is 2.32 bits per heavy atom. The number of carbonyl (C=O) groups excluding carboxylic acids is 1. The second kappa shape index (κ2) is 6.53. The van der Waals surface area contributed by atoms with Crippen molar-refractivity contribution in [2.45, 2.75) is 39.2 Å². The quantitative estimate of drug-likeness (QED) is 0.893. The predicted octanol–water partition coefficient (Wildman–Crippen LogP) is 3.47. The first-order valence-electron chi connectivity index (χ1n) is 6.90. The van der Waals surface area contributed by atoms with Gasteiger partial charge in [-0.1, -0.05) is 35.3 Å². The SMILES string of the molecule is CCC1CCNC(C(=O)Nc2cc(Br)ccc2C)C1. The number of rotatable bonds is 3. The zero-order valence-electron chi connectivity index (χ0n) is 11.5. The number of aryl methyl sites for hydroxylation is 1. The highest BCUT2D eigenvalue weighted by Gasteiger charge is 2.26. The van der Waals surface area contributed by atoms with E-state index in [4.69, 9.17) is 0 Å². The molecule has 0 spiro atoms. The summed E-state index contributed by atoms with van der Waals surface area (Å²) in [4.78, 5) is 12.3. The van der Waals surface area contributed by atoms with Gasteiger partial charge in [-0.2, -0.15) is 0 Å². The average molecular weight is 325 g/mol. The minimum absolute atomic E-state index is 0.0583. The zero-order valence-corrected chi connectivity index (χ0v) is 13.1. The van der Waals surface area contributed by atoms with Crippen LogP contribution >= 0.6 is 15.9 Å². The molecule has 1 aromatic carbocycles. The zero-order chi connectivity index (χ0) is 13.8. The predicted molar refractivity (Wildman–Crippen MR) is 82.3 cm³/mol. The van der Waals surface area contributed by atoms with E-state index in [1.165, 1.54) is 6.42 Å². The molecule has 19 heavy (non-hydrogen) atoms. The van der Waals surface area contributed by atoms with Crippen LogP contribution < -0.4 is 10.6 Å². The number of benzene rings is 1. The number of piperidine rings is 1. The molecule has 0 aromatic heterocycles. The van der Waals surface area contributed by atoms with Crippen molar-refractivity contribution in [3.63, 3.8) is 0 Å². The minimum Gasteiger partial charge on any atom is -0.324 e. The van der Waals surface area contributed by atoms with Crippen molar-refractivity contribution in [1.29, 1.82) is 0 Å². The van der Waals surface area contributed by atoms with E-state index < -0.39 is 0 Å². The Morgan fingerprint density at radius 1 is 1.53 bits per heavy atom. The van der Waals surface area contributed by atoms with Crippen molar-refractivity contribution in [3.05, 3.63) is 28.2 Å². The van der Waals surface area contributed by atoms with Crippen LogP contribution in [0, 0.1) is 12.8 Å². The lowest BCUT2D eigenvalue weighted by molar-refractivity contribution is -0.119. The fraction of sp³-hybridized carbons (Fsp3) is 0.533. The molecule has 2 unspecified atom stereocenters. The van der Waals surface area contributed by atoms with Crippen LogP contribution in [0.2, 0.25) is 0 Å². The maximum atomic E-state index is 12.3. The Hall–Kier alpha value is -0.870. The lowest BCUT2D eigenvalue weighted by atomic mass is 9.90. The van der Waals surface area contributed by atoms with E-state index in [1.807, 2.05) is 25.1 Å². The van der Waals surface area contributed by atoms with E-state index in [9.17, 15) is 4.79 Å². The molecule has 3 nitrogen and oxygen atoms in total. The van der Waals surface area contributed by atoms with Crippen LogP contribution in [0.5, 0.6) is 0 Å². The third-order valence-corrected chi connectivity index (χ3v) is 4.36. The van der Waals surface area contributed by atoms with Crippen molar-refractivity contribution in [2.75, 3.05) is 11.9 Å². The van der Waals surface area contributed by atoms with Crippen molar-refractivity contribution in [3.8, 4) is 0 Å². The molecule has 1 saturated heterocycles. The van der Waals surface area contributed by atoms with Gasteiger partial charge in [0, 0.05) is 10.2 Å². The summed E-state index contributed by atoms with van der Waals surface area (Å²) in [5.74, 6) is 0.750. The summed E-state index contributed by atoms with van der Waals surface area (Å²) < 4.78 is 0.983. The molecule has 2 rings (SSSR count). The van der Waals surface area contributed by atoms with Crippen LogP contribution in [-0.4, -0.2) is 18.5 Å². The number of halogens is 1. The molecule has 2 atom stereocenters. The fourth-order valence-electron chi connectivity index (χ4n) is 2.52. The molecule has 1 heterocycles. The van der Waals surface area contributed by atoms with Crippen LogP contribution in [0.25, 0.3) is 0 Å². The largest absolute Gasteiger partial charge is 0.324 e.